The summed E-state index contributed by atoms with van der Waals surface area (Å²) in [5.41, 5.74) is -2.05. The number of aryl methyl sites for hydroxylation is 1. The number of fused-ring (bicyclic) bond motifs is 1. The highest BCUT2D eigenvalue weighted by Gasteiger charge is 2.31. The normalized spacial score (nSPS) is 11.8. The third-order valence-electron chi connectivity index (χ3n) is 3.65. The van der Waals surface area contributed by atoms with Gasteiger partial charge in [-0.1, -0.05) is 0 Å². The van der Waals surface area contributed by atoms with Crippen LogP contribution in [0.1, 0.15) is 5.56 Å². The van der Waals surface area contributed by atoms with E-state index in [4.69, 9.17) is 0 Å². The van der Waals surface area contributed by atoms with Gasteiger partial charge in [0, 0.05) is 7.05 Å². The Morgan fingerprint density at radius 3 is 2.70 bits per heavy atom. The van der Waals surface area contributed by atoms with E-state index >= 15 is 0 Å². The van der Waals surface area contributed by atoms with Crippen molar-refractivity contribution < 1.29 is 22.4 Å². The van der Waals surface area contributed by atoms with E-state index in [9.17, 15) is 27.2 Å². The number of aromatic nitrogens is 4. The molecule has 0 saturated carbocycles. The van der Waals surface area contributed by atoms with E-state index in [1.54, 1.807) is 7.05 Å². The van der Waals surface area contributed by atoms with Crippen LogP contribution in [0.2, 0.25) is 0 Å². The Hall–Kier alpha value is -2.76. The van der Waals surface area contributed by atoms with Gasteiger partial charge in [0.1, 0.15) is 28.7 Å². The van der Waals surface area contributed by atoms with Crippen molar-refractivity contribution in [3.8, 4) is 0 Å². The summed E-state index contributed by atoms with van der Waals surface area (Å²) in [5.74, 6) is -1.93. The van der Waals surface area contributed by atoms with Crippen LogP contribution in [0.15, 0.2) is 33.9 Å². The largest absolute Gasteiger partial charge is 0.416 e. The van der Waals surface area contributed by atoms with Gasteiger partial charge in [-0.3, -0.25) is 14.2 Å². The molecule has 3 rings (SSSR count). The van der Waals surface area contributed by atoms with Gasteiger partial charge in [0.15, 0.2) is 5.65 Å². The first kappa shape index (κ1) is 19.0. The molecule has 0 fully saturated rings. The van der Waals surface area contributed by atoms with Gasteiger partial charge in [-0.15, -0.1) is 0 Å². The monoisotopic (exact) mass is 447 g/mol. The van der Waals surface area contributed by atoms with E-state index in [0.29, 0.717) is 18.2 Å². The molecule has 1 N–H and O–H groups in total. The summed E-state index contributed by atoms with van der Waals surface area (Å²) in [7, 11) is 1.58. The predicted octanol–water partition coefficient (Wildman–Crippen LogP) is 2.69. The lowest BCUT2D eigenvalue weighted by Gasteiger charge is -2.11. The first-order valence-electron chi connectivity index (χ1n) is 7.32. The smallest absolute Gasteiger partial charge is 0.322 e. The number of amides is 1. The zero-order chi connectivity index (χ0) is 19.9. The molecule has 0 atom stereocenters. The highest BCUT2D eigenvalue weighted by atomic mass is 79.9. The van der Waals surface area contributed by atoms with Gasteiger partial charge in [-0.25, -0.2) is 14.1 Å². The molecular weight excluding hydrogens is 438 g/mol. The minimum atomic E-state index is -4.69. The van der Waals surface area contributed by atoms with Crippen molar-refractivity contribution >= 4 is 38.6 Å². The van der Waals surface area contributed by atoms with Gasteiger partial charge < -0.3 is 5.32 Å². The van der Waals surface area contributed by atoms with Crippen LogP contribution in [0.4, 0.5) is 23.2 Å². The third kappa shape index (κ3) is 3.70. The molecule has 1 amide bonds. The number of hydrogen-bond acceptors (Lipinski definition) is 4. The highest BCUT2D eigenvalue weighted by molar-refractivity contribution is 9.10. The Morgan fingerprint density at radius 2 is 2.04 bits per heavy atom. The number of alkyl halides is 3. The van der Waals surface area contributed by atoms with Gasteiger partial charge >= 0.3 is 6.18 Å². The van der Waals surface area contributed by atoms with Gasteiger partial charge in [0.05, 0.1) is 11.3 Å². The van der Waals surface area contributed by atoms with Crippen LogP contribution < -0.4 is 10.9 Å². The second-order valence-electron chi connectivity index (χ2n) is 5.53. The zero-order valence-corrected chi connectivity index (χ0v) is 15.1. The second kappa shape index (κ2) is 6.76. The van der Waals surface area contributed by atoms with Crippen LogP contribution >= 0.6 is 15.9 Å². The van der Waals surface area contributed by atoms with Crippen LogP contribution in [-0.4, -0.2) is 25.2 Å². The van der Waals surface area contributed by atoms with Gasteiger partial charge in [0.25, 0.3) is 5.56 Å². The Morgan fingerprint density at radius 1 is 1.33 bits per heavy atom. The molecule has 27 heavy (non-hydrogen) atoms. The number of hydrogen-bond donors (Lipinski definition) is 1. The van der Waals surface area contributed by atoms with E-state index in [-0.39, 0.29) is 15.6 Å². The number of anilines is 1. The lowest BCUT2D eigenvalue weighted by molar-refractivity contribution is -0.137. The van der Waals surface area contributed by atoms with Crippen molar-refractivity contribution in [2.24, 2.45) is 7.05 Å². The van der Waals surface area contributed by atoms with Crippen LogP contribution in [0, 0.1) is 5.82 Å². The van der Waals surface area contributed by atoms with Crippen molar-refractivity contribution in [1.82, 2.24) is 19.3 Å². The molecule has 0 saturated heterocycles. The number of halogens is 5. The topological polar surface area (TPSA) is 81.8 Å². The molecule has 7 nitrogen and oxygen atoms in total. The van der Waals surface area contributed by atoms with Crippen molar-refractivity contribution in [3.05, 3.63) is 50.9 Å². The fraction of sp³-hybridized carbons (Fsp3) is 0.200. The Labute approximate surface area is 156 Å². The summed E-state index contributed by atoms with van der Waals surface area (Å²) in [6.45, 7) is -0.571. The van der Waals surface area contributed by atoms with E-state index in [0.717, 1.165) is 10.9 Å². The van der Waals surface area contributed by atoms with Crippen molar-refractivity contribution in [1.29, 1.82) is 0 Å². The standard InChI is InChI=1S/C15H10BrF4N5O2/c1-24-13-11(12(16)23-24)14(27)25(6-21-13)5-10(26)22-9-4-7(15(18,19)20)2-3-8(9)17/h2-4,6H,5H2,1H3,(H,22,26). The maximum atomic E-state index is 13.7. The van der Waals surface area contributed by atoms with Crippen molar-refractivity contribution in [2.45, 2.75) is 12.7 Å². The quantitative estimate of drug-likeness (QED) is 0.625. The zero-order valence-electron chi connectivity index (χ0n) is 13.5. The number of nitrogens with zero attached hydrogens (tertiary/aromatic N) is 4. The molecule has 2 heterocycles. The first-order valence-corrected chi connectivity index (χ1v) is 8.11. The molecule has 0 aliphatic heterocycles. The summed E-state index contributed by atoms with van der Waals surface area (Å²) >= 11 is 3.12. The molecule has 0 spiro atoms. The third-order valence-corrected chi connectivity index (χ3v) is 4.21. The second-order valence-corrected chi connectivity index (χ2v) is 6.28. The predicted molar refractivity (Wildman–Crippen MR) is 90.5 cm³/mol. The highest BCUT2D eigenvalue weighted by Crippen LogP contribution is 2.31. The van der Waals surface area contributed by atoms with Crippen molar-refractivity contribution in [2.75, 3.05) is 5.32 Å². The van der Waals surface area contributed by atoms with E-state index in [1.165, 1.54) is 4.68 Å². The lowest BCUT2D eigenvalue weighted by atomic mass is 10.2. The molecular formula is C15H10BrF4N5O2. The van der Waals surface area contributed by atoms with Crippen LogP contribution in [0.3, 0.4) is 0 Å². The molecule has 0 unspecified atom stereocenters. The SMILES string of the molecule is Cn1nc(Br)c2c(=O)n(CC(=O)Nc3cc(C(F)(F)F)ccc3F)cnc21. The van der Waals surface area contributed by atoms with E-state index < -0.39 is 41.3 Å². The number of carbonyl (C=O) groups is 1. The summed E-state index contributed by atoms with van der Waals surface area (Å²) in [4.78, 5) is 28.6. The first-order chi connectivity index (χ1) is 12.6. The van der Waals surface area contributed by atoms with Gasteiger partial charge in [-0.2, -0.15) is 18.3 Å². The molecule has 3 aromatic rings. The maximum Gasteiger partial charge on any atom is 0.416 e. The van der Waals surface area contributed by atoms with Crippen LogP contribution in [-0.2, 0) is 24.6 Å². The molecule has 0 bridgehead atoms. The summed E-state index contributed by atoms with van der Waals surface area (Å²) in [6, 6.07) is 1.65. The van der Waals surface area contributed by atoms with E-state index in [1.807, 2.05) is 5.32 Å². The molecule has 0 radical (unpaired) electrons. The number of benzene rings is 1. The molecule has 12 heteroatoms. The average Bonchev–Trinajstić information content (AvgIpc) is 2.86. The summed E-state index contributed by atoms with van der Waals surface area (Å²) in [5, 5.41) is 6.15. The fourth-order valence-electron chi connectivity index (χ4n) is 2.39. The average molecular weight is 448 g/mol. The molecule has 1 aromatic carbocycles. The van der Waals surface area contributed by atoms with Crippen LogP contribution in [0.25, 0.3) is 11.0 Å². The van der Waals surface area contributed by atoms with Gasteiger partial charge in [0.2, 0.25) is 5.91 Å². The van der Waals surface area contributed by atoms with E-state index in [2.05, 4.69) is 26.0 Å². The summed E-state index contributed by atoms with van der Waals surface area (Å²) in [6.07, 6.45) is -3.59. The van der Waals surface area contributed by atoms with Crippen LogP contribution in [0.5, 0.6) is 0 Å². The Kier molecular flexibility index (Phi) is 4.76. The number of carbonyl (C=O) groups excluding carboxylic acids is 1. The minimum Gasteiger partial charge on any atom is -0.322 e. The fourth-order valence-corrected chi connectivity index (χ4v) is 2.97. The van der Waals surface area contributed by atoms with Crippen molar-refractivity contribution in [3.63, 3.8) is 0 Å². The minimum absolute atomic E-state index is 0.137. The number of rotatable bonds is 3. The lowest BCUT2D eigenvalue weighted by Crippen LogP contribution is -2.28. The van der Waals surface area contributed by atoms with Gasteiger partial charge in [-0.05, 0) is 34.1 Å². The Balaban J connectivity index is 1.87. The molecule has 2 aromatic heterocycles. The molecule has 0 aliphatic carbocycles. The molecule has 0 aliphatic rings. The Bertz CT molecular complexity index is 1110. The summed E-state index contributed by atoms with van der Waals surface area (Å²) < 4.78 is 54.4. The maximum absolute atomic E-state index is 13.7. The number of nitrogens with one attached hydrogen (secondary N) is 1. The molecule has 142 valence electrons.